The van der Waals surface area contributed by atoms with Gasteiger partial charge in [0.2, 0.25) is 0 Å². The summed E-state index contributed by atoms with van der Waals surface area (Å²) in [5.74, 6) is -0.0365. The molecule has 0 saturated heterocycles. The Labute approximate surface area is 128 Å². The molecule has 2 nitrogen and oxygen atoms in total. The van der Waals surface area contributed by atoms with Crippen LogP contribution < -0.4 is 0 Å². The predicted octanol–water partition coefficient (Wildman–Crippen LogP) is 5.16. The molecule has 0 atom stereocenters. The third-order valence-corrected chi connectivity index (χ3v) is 3.99. The second-order valence-electron chi connectivity index (χ2n) is 4.41. The molecule has 0 unspecified atom stereocenters. The van der Waals surface area contributed by atoms with Gasteiger partial charge in [0.05, 0.1) is 11.1 Å². The fraction of sp³-hybridized carbons (Fsp3) is 0.0667. The minimum Gasteiger partial charge on any atom is -0.227 e. The molecule has 100 valence electrons. The minimum absolute atomic E-state index is 0.288. The number of fused-ring (bicyclic) bond motifs is 1. The number of hydrogen-bond acceptors (Lipinski definition) is 2. The molecule has 0 aliphatic carbocycles. The molecule has 5 heteroatoms. The molecular weight excluding hydrogens is 343 g/mol. The van der Waals surface area contributed by atoms with E-state index in [0.717, 1.165) is 9.86 Å². The van der Waals surface area contributed by atoms with Crippen molar-refractivity contribution < 1.29 is 4.39 Å². The summed E-state index contributed by atoms with van der Waals surface area (Å²) in [6.45, 7) is 1.71. The van der Waals surface area contributed by atoms with Crippen LogP contribution in [0.4, 0.5) is 4.39 Å². The second-order valence-corrected chi connectivity index (χ2v) is 5.62. The van der Waals surface area contributed by atoms with Gasteiger partial charge < -0.3 is 0 Å². The van der Waals surface area contributed by atoms with E-state index in [-0.39, 0.29) is 11.6 Å². The highest BCUT2D eigenvalue weighted by atomic mass is 79.9. The van der Waals surface area contributed by atoms with Crippen LogP contribution in [0.1, 0.15) is 5.56 Å². The zero-order valence-electron chi connectivity index (χ0n) is 10.5. The summed E-state index contributed by atoms with van der Waals surface area (Å²) >= 11 is 9.61. The van der Waals surface area contributed by atoms with Crippen LogP contribution in [0.25, 0.3) is 22.3 Å². The van der Waals surface area contributed by atoms with Gasteiger partial charge in [-0.15, -0.1) is 0 Å². The number of aromatic nitrogens is 2. The van der Waals surface area contributed by atoms with Crippen molar-refractivity contribution >= 4 is 38.4 Å². The average molecular weight is 352 g/mol. The van der Waals surface area contributed by atoms with E-state index in [1.54, 1.807) is 25.1 Å². The van der Waals surface area contributed by atoms with Gasteiger partial charge in [0, 0.05) is 9.86 Å². The summed E-state index contributed by atoms with van der Waals surface area (Å²) in [4.78, 5) is 8.63. The lowest BCUT2D eigenvalue weighted by atomic mass is 10.1. The quantitative estimate of drug-likeness (QED) is 0.566. The van der Waals surface area contributed by atoms with Crippen molar-refractivity contribution in [3.05, 3.63) is 57.4 Å². The van der Waals surface area contributed by atoms with Gasteiger partial charge in [-0.1, -0.05) is 29.8 Å². The first-order valence-electron chi connectivity index (χ1n) is 5.95. The van der Waals surface area contributed by atoms with Gasteiger partial charge in [0.25, 0.3) is 0 Å². The maximum Gasteiger partial charge on any atom is 0.164 e. The van der Waals surface area contributed by atoms with Crippen molar-refractivity contribution in [2.75, 3.05) is 0 Å². The number of hydrogen-bond donors (Lipinski definition) is 0. The molecule has 1 aromatic heterocycles. The van der Waals surface area contributed by atoms with Crippen molar-refractivity contribution in [2.24, 2.45) is 0 Å². The molecular formula is C15H9BrClFN2. The number of nitrogens with zero attached hydrogens (tertiary/aromatic N) is 2. The van der Waals surface area contributed by atoms with Crippen LogP contribution in [0.5, 0.6) is 0 Å². The Bertz CT molecular complexity index is 820. The topological polar surface area (TPSA) is 25.8 Å². The van der Waals surface area contributed by atoms with Crippen LogP contribution >= 0.6 is 27.5 Å². The van der Waals surface area contributed by atoms with Crippen LogP contribution in [-0.2, 0) is 0 Å². The van der Waals surface area contributed by atoms with Crippen molar-refractivity contribution in [2.45, 2.75) is 6.92 Å². The van der Waals surface area contributed by atoms with Gasteiger partial charge in [0.15, 0.2) is 5.82 Å². The number of aryl methyl sites for hydroxylation is 1. The first-order valence-corrected chi connectivity index (χ1v) is 7.12. The van der Waals surface area contributed by atoms with Gasteiger partial charge in [-0.3, -0.25) is 0 Å². The van der Waals surface area contributed by atoms with E-state index >= 15 is 0 Å². The second kappa shape index (κ2) is 5.11. The predicted molar refractivity (Wildman–Crippen MR) is 82.4 cm³/mol. The smallest absolute Gasteiger partial charge is 0.164 e. The molecule has 3 aromatic rings. The van der Waals surface area contributed by atoms with E-state index in [4.69, 9.17) is 11.6 Å². The third kappa shape index (κ3) is 2.19. The van der Waals surface area contributed by atoms with Crippen LogP contribution in [-0.4, -0.2) is 9.97 Å². The highest BCUT2D eigenvalue weighted by Crippen LogP contribution is 2.30. The van der Waals surface area contributed by atoms with Crippen molar-refractivity contribution in [3.8, 4) is 11.4 Å². The molecule has 0 amide bonds. The Balaban J connectivity index is 2.33. The van der Waals surface area contributed by atoms with Crippen LogP contribution in [0.15, 0.2) is 40.9 Å². The highest BCUT2D eigenvalue weighted by molar-refractivity contribution is 9.10. The average Bonchev–Trinajstić information content (AvgIpc) is 2.43. The fourth-order valence-corrected chi connectivity index (χ4v) is 2.71. The van der Waals surface area contributed by atoms with Crippen molar-refractivity contribution in [1.29, 1.82) is 0 Å². The van der Waals surface area contributed by atoms with E-state index in [9.17, 15) is 4.39 Å². The van der Waals surface area contributed by atoms with Crippen molar-refractivity contribution in [1.82, 2.24) is 9.97 Å². The molecule has 0 saturated carbocycles. The van der Waals surface area contributed by atoms with E-state index in [2.05, 4.69) is 25.9 Å². The zero-order chi connectivity index (χ0) is 14.3. The molecule has 1 heterocycles. The monoisotopic (exact) mass is 350 g/mol. The van der Waals surface area contributed by atoms with E-state index < -0.39 is 0 Å². The minimum atomic E-state index is -0.324. The number of para-hydroxylation sites is 1. The molecule has 3 rings (SSSR count). The third-order valence-electron chi connectivity index (χ3n) is 3.06. The SMILES string of the molecule is Cc1cccc(-c2nc(Cl)c3cccc(Br)c3n2)c1F. The molecule has 0 bridgehead atoms. The maximum absolute atomic E-state index is 14.2. The summed E-state index contributed by atoms with van der Waals surface area (Å²) in [6, 6.07) is 10.7. The molecule has 0 spiro atoms. The maximum atomic E-state index is 14.2. The van der Waals surface area contributed by atoms with Crippen LogP contribution in [0.3, 0.4) is 0 Å². The zero-order valence-corrected chi connectivity index (χ0v) is 12.8. The summed E-state index contributed by atoms with van der Waals surface area (Å²) < 4.78 is 15.0. The van der Waals surface area contributed by atoms with E-state index in [1.165, 1.54) is 0 Å². The molecule has 0 N–H and O–H groups in total. The largest absolute Gasteiger partial charge is 0.227 e. The van der Waals surface area contributed by atoms with Gasteiger partial charge in [-0.2, -0.15) is 0 Å². The summed E-state index contributed by atoms with van der Waals surface area (Å²) in [7, 11) is 0. The summed E-state index contributed by atoms with van der Waals surface area (Å²) in [5.41, 5.74) is 1.57. The fourth-order valence-electron chi connectivity index (χ4n) is 2.02. The van der Waals surface area contributed by atoms with Crippen molar-refractivity contribution in [3.63, 3.8) is 0 Å². The molecule has 0 radical (unpaired) electrons. The number of benzene rings is 2. The Kier molecular flexibility index (Phi) is 3.44. The Morgan fingerprint density at radius 1 is 1.10 bits per heavy atom. The summed E-state index contributed by atoms with van der Waals surface area (Å²) in [6.07, 6.45) is 0. The first-order chi connectivity index (χ1) is 9.58. The Morgan fingerprint density at radius 2 is 1.85 bits per heavy atom. The van der Waals surface area contributed by atoms with Crippen LogP contribution in [0, 0.1) is 12.7 Å². The molecule has 20 heavy (non-hydrogen) atoms. The molecule has 0 aliphatic heterocycles. The molecule has 2 aromatic carbocycles. The Hall–Kier alpha value is -1.52. The lowest BCUT2D eigenvalue weighted by molar-refractivity contribution is 0.621. The number of halogens is 3. The summed E-state index contributed by atoms with van der Waals surface area (Å²) in [5, 5.41) is 1.05. The first kappa shape index (κ1) is 13.5. The van der Waals surface area contributed by atoms with E-state index in [1.807, 2.05) is 18.2 Å². The lowest BCUT2D eigenvalue weighted by Crippen LogP contribution is -1.96. The van der Waals surface area contributed by atoms with Gasteiger partial charge in [-0.05, 0) is 46.6 Å². The van der Waals surface area contributed by atoms with Gasteiger partial charge >= 0.3 is 0 Å². The normalized spacial score (nSPS) is 11.0. The molecule has 0 aliphatic rings. The number of rotatable bonds is 1. The van der Waals surface area contributed by atoms with Crippen LogP contribution in [0.2, 0.25) is 5.15 Å². The van der Waals surface area contributed by atoms with Gasteiger partial charge in [-0.25, -0.2) is 14.4 Å². The lowest BCUT2D eigenvalue weighted by Gasteiger charge is -2.07. The standard InChI is InChI=1S/C15H9BrClFN2/c1-8-4-2-5-9(12(8)18)15-19-13-10(14(17)20-15)6-3-7-11(13)16/h2-7H,1H3. The van der Waals surface area contributed by atoms with E-state index in [0.29, 0.717) is 21.8 Å². The highest BCUT2D eigenvalue weighted by Gasteiger charge is 2.14. The van der Waals surface area contributed by atoms with Gasteiger partial charge in [0.1, 0.15) is 11.0 Å². The molecule has 0 fully saturated rings. The Morgan fingerprint density at radius 3 is 2.65 bits per heavy atom.